The van der Waals surface area contributed by atoms with Crippen LogP contribution in [-0.4, -0.2) is 34.4 Å². The minimum atomic E-state index is -0.284. The molecule has 1 aliphatic rings. The maximum Gasteiger partial charge on any atom is 0.252 e. The average molecular weight is 382 g/mol. The predicted molar refractivity (Wildman–Crippen MR) is 105 cm³/mol. The molecule has 0 spiro atoms. The summed E-state index contributed by atoms with van der Waals surface area (Å²) in [6.07, 6.45) is 7.71. The molecule has 28 heavy (non-hydrogen) atoms. The first-order chi connectivity index (χ1) is 13.7. The highest BCUT2D eigenvalue weighted by molar-refractivity contribution is 5.97. The van der Waals surface area contributed by atoms with Crippen molar-refractivity contribution >= 4 is 17.0 Å². The second kappa shape index (κ2) is 8.14. The minimum Gasteiger partial charge on any atom is -0.440 e. The van der Waals surface area contributed by atoms with E-state index in [9.17, 15) is 4.79 Å². The number of carbonyl (C=O) groups is 1. The van der Waals surface area contributed by atoms with Gasteiger partial charge in [-0.3, -0.25) is 9.48 Å². The van der Waals surface area contributed by atoms with Crippen LogP contribution in [-0.2, 0) is 11.8 Å². The molecule has 1 aromatic carbocycles. The van der Waals surface area contributed by atoms with Gasteiger partial charge in [-0.2, -0.15) is 5.10 Å². The third-order valence-corrected chi connectivity index (χ3v) is 5.48. The van der Waals surface area contributed by atoms with Gasteiger partial charge in [0.1, 0.15) is 5.52 Å². The third-order valence-electron chi connectivity index (χ3n) is 5.48. The SMILES string of the molecule is COC[C@H](NC(=O)c1ccc2nc(C3CCCCC3)oc2c1)c1ccnn1C. The first kappa shape index (κ1) is 18.7. The number of aromatic nitrogens is 3. The molecule has 0 bridgehead atoms. The van der Waals surface area contributed by atoms with E-state index in [1.54, 1.807) is 30.1 Å². The Bertz CT molecular complexity index is 956. The van der Waals surface area contributed by atoms with Crippen LogP contribution in [0.5, 0.6) is 0 Å². The van der Waals surface area contributed by atoms with Crippen molar-refractivity contribution in [2.75, 3.05) is 13.7 Å². The highest BCUT2D eigenvalue weighted by Crippen LogP contribution is 2.33. The Hall–Kier alpha value is -2.67. The standard InChI is InChI=1S/C21H26N4O3/c1-25-18(10-11-22-25)17(13-27-2)23-20(26)15-8-9-16-19(12-15)28-21(24-16)14-6-4-3-5-7-14/h8-12,14,17H,3-7,13H2,1-2H3,(H,23,26)/t17-/m0/s1. The number of carbonyl (C=O) groups excluding carboxylic acids is 1. The Morgan fingerprint density at radius 1 is 1.32 bits per heavy atom. The molecule has 1 fully saturated rings. The number of rotatable bonds is 6. The lowest BCUT2D eigenvalue weighted by Crippen LogP contribution is -2.32. The van der Waals surface area contributed by atoms with Crippen LogP contribution in [0.15, 0.2) is 34.9 Å². The Kier molecular flexibility index (Phi) is 5.43. The number of hydrogen-bond donors (Lipinski definition) is 1. The molecule has 7 nitrogen and oxygen atoms in total. The van der Waals surface area contributed by atoms with Gasteiger partial charge < -0.3 is 14.5 Å². The number of methoxy groups -OCH3 is 1. The smallest absolute Gasteiger partial charge is 0.252 e. The van der Waals surface area contributed by atoms with E-state index in [-0.39, 0.29) is 11.9 Å². The maximum atomic E-state index is 12.8. The number of ether oxygens (including phenoxy) is 1. The molecule has 0 radical (unpaired) electrons. The van der Waals surface area contributed by atoms with Crippen molar-refractivity contribution in [2.45, 2.75) is 44.1 Å². The molecule has 4 rings (SSSR count). The molecule has 3 aromatic rings. The molecule has 1 atom stereocenters. The molecule has 0 unspecified atom stereocenters. The summed E-state index contributed by atoms with van der Waals surface area (Å²) in [5, 5.41) is 7.20. The Labute approximate surface area is 164 Å². The molecule has 148 valence electrons. The number of amides is 1. The zero-order chi connectivity index (χ0) is 19.5. The lowest BCUT2D eigenvalue weighted by Gasteiger charge is -2.18. The monoisotopic (exact) mass is 382 g/mol. The van der Waals surface area contributed by atoms with Gasteiger partial charge in [0.25, 0.3) is 5.91 Å². The highest BCUT2D eigenvalue weighted by atomic mass is 16.5. The average Bonchev–Trinajstić information content (AvgIpc) is 3.33. The molecule has 1 N–H and O–H groups in total. The van der Waals surface area contributed by atoms with Crippen molar-refractivity contribution in [1.29, 1.82) is 0 Å². The van der Waals surface area contributed by atoms with E-state index >= 15 is 0 Å². The van der Waals surface area contributed by atoms with E-state index in [0.29, 0.717) is 23.7 Å². The van der Waals surface area contributed by atoms with Crippen molar-refractivity contribution in [3.8, 4) is 0 Å². The second-order valence-electron chi connectivity index (χ2n) is 7.43. The molecule has 1 saturated carbocycles. The fraction of sp³-hybridized carbons (Fsp3) is 0.476. The molecule has 2 heterocycles. The largest absolute Gasteiger partial charge is 0.440 e. The van der Waals surface area contributed by atoms with Gasteiger partial charge in [0.05, 0.1) is 18.3 Å². The van der Waals surface area contributed by atoms with E-state index in [1.165, 1.54) is 19.3 Å². The molecule has 2 aromatic heterocycles. The van der Waals surface area contributed by atoms with Crippen LogP contribution < -0.4 is 5.32 Å². The van der Waals surface area contributed by atoms with Crippen LogP contribution in [0.4, 0.5) is 0 Å². The van der Waals surface area contributed by atoms with Gasteiger partial charge in [-0.05, 0) is 37.1 Å². The number of fused-ring (bicyclic) bond motifs is 1. The zero-order valence-corrected chi connectivity index (χ0v) is 16.4. The number of aryl methyl sites for hydroxylation is 1. The fourth-order valence-corrected chi connectivity index (χ4v) is 3.94. The van der Waals surface area contributed by atoms with Crippen LogP contribution in [0.1, 0.15) is 66.0 Å². The molecular formula is C21H26N4O3. The lowest BCUT2D eigenvalue weighted by atomic mass is 9.89. The normalized spacial score (nSPS) is 16.4. The number of nitrogens with zero attached hydrogens (tertiary/aromatic N) is 3. The van der Waals surface area contributed by atoms with Gasteiger partial charge in [-0.15, -0.1) is 0 Å². The second-order valence-corrected chi connectivity index (χ2v) is 7.43. The summed E-state index contributed by atoms with van der Waals surface area (Å²) in [4.78, 5) is 17.5. The molecule has 1 aliphatic carbocycles. The van der Waals surface area contributed by atoms with Crippen molar-refractivity contribution in [3.63, 3.8) is 0 Å². The summed E-state index contributed by atoms with van der Waals surface area (Å²) in [5.74, 6) is 1.02. The van der Waals surface area contributed by atoms with Crippen molar-refractivity contribution in [2.24, 2.45) is 7.05 Å². The highest BCUT2D eigenvalue weighted by Gasteiger charge is 2.22. The molecule has 1 amide bonds. The maximum absolute atomic E-state index is 12.8. The summed E-state index contributed by atoms with van der Waals surface area (Å²) in [6, 6.07) is 7.01. The van der Waals surface area contributed by atoms with Gasteiger partial charge in [-0.25, -0.2) is 4.98 Å². The van der Waals surface area contributed by atoms with Crippen LogP contribution in [0.25, 0.3) is 11.1 Å². The van der Waals surface area contributed by atoms with E-state index < -0.39 is 0 Å². The van der Waals surface area contributed by atoms with Gasteiger partial charge in [0, 0.05) is 31.8 Å². The van der Waals surface area contributed by atoms with Crippen molar-refractivity contribution in [3.05, 3.63) is 47.6 Å². The number of oxazole rings is 1. The molecule has 7 heteroatoms. The summed E-state index contributed by atoms with van der Waals surface area (Å²) in [6.45, 7) is 0.363. The van der Waals surface area contributed by atoms with Crippen molar-refractivity contribution < 1.29 is 13.9 Å². The number of nitrogens with one attached hydrogen (secondary N) is 1. The van der Waals surface area contributed by atoms with E-state index in [1.807, 2.05) is 19.2 Å². The summed E-state index contributed by atoms with van der Waals surface area (Å²) >= 11 is 0. The fourth-order valence-electron chi connectivity index (χ4n) is 3.94. The van der Waals surface area contributed by atoms with Gasteiger partial charge in [0.15, 0.2) is 11.5 Å². The number of hydrogen-bond acceptors (Lipinski definition) is 5. The Balaban J connectivity index is 1.54. The van der Waals surface area contributed by atoms with Gasteiger partial charge in [-0.1, -0.05) is 19.3 Å². The molecular weight excluding hydrogens is 356 g/mol. The van der Waals surface area contributed by atoms with Gasteiger partial charge >= 0.3 is 0 Å². The third kappa shape index (κ3) is 3.80. The van der Waals surface area contributed by atoms with Crippen LogP contribution >= 0.6 is 0 Å². The van der Waals surface area contributed by atoms with E-state index in [4.69, 9.17) is 9.15 Å². The summed E-state index contributed by atoms with van der Waals surface area (Å²) < 4.78 is 13.0. The quantitative estimate of drug-likeness (QED) is 0.702. The van der Waals surface area contributed by atoms with Crippen LogP contribution in [0.2, 0.25) is 0 Å². The Morgan fingerprint density at radius 3 is 2.86 bits per heavy atom. The minimum absolute atomic E-state index is 0.180. The van der Waals surface area contributed by atoms with Crippen LogP contribution in [0, 0.1) is 0 Å². The first-order valence-corrected chi connectivity index (χ1v) is 9.84. The zero-order valence-electron chi connectivity index (χ0n) is 16.4. The molecule has 0 aliphatic heterocycles. The summed E-state index contributed by atoms with van der Waals surface area (Å²) in [5.41, 5.74) is 2.90. The lowest BCUT2D eigenvalue weighted by molar-refractivity contribution is 0.0892. The van der Waals surface area contributed by atoms with Crippen LogP contribution in [0.3, 0.4) is 0 Å². The predicted octanol–water partition coefficient (Wildman–Crippen LogP) is 3.73. The van der Waals surface area contributed by atoms with Gasteiger partial charge in [0.2, 0.25) is 0 Å². The number of benzene rings is 1. The topological polar surface area (TPSA) is 82.2 Å². The molecule has 0 saturated heterocycles. The van der Waals surface area contributed by atoms with Crippen molar-refractivity contribution in [1.82, 2.24) is 20.1 Å². The van der Waals surface area contributed by atoms with E-state index in [0.717, 1.165) is 29.9 Å². The first-order valence-electron chi connectivity index (χ1n) is 9.84. The Morgan fingerprint density at radius 2 is 2.14 bits per heavy atom. The summed E-state index contributed by atoms with van der Waals surface area (Å²) in [7, 11) is 3.46. The van der Waals surface area contributed by atoms with E-state index in [2.05, 4.69) is 15.4 Å².